The van der Waals surface area contributed by atoms with Crippen LogP contribution in [0.25, 0.3) is 0 Å². The van der Waals surface area contributed by atoms with Gasteiger partial charge in [-0.2, -0.15) is 0 Å². The van der Waals surface area contributed by atoms with Crippen LogP contribution in [0.3, 0.4) is 0 Å². The zero-order valence-electron chi connectivity index (χ0n) is 12.1. The number of hydroxylamine groups is 2. The molecular weight excluding hydrogens is 318 g/mol. The van der Waals surface area contributed by atoms with Gasteiger partial charge >= 0.3 is 5.97 Å². The maximum absolute atomic E-state index is 12.1. The maximum atomic E-state index is 12.1. The number of nitrogens with zero attached hydrogens (tertiary/aromatic N) is 1. The molecular formula is C16H20BrNO2. The van der Waals surface area contributed by atoms with Crippen LogP contribution in [0.5, 0.6) is 0 Å². The van der Waals surface area contributed by atoms with Gasteiger partial charge in [0.15, 0.2) is 0 Å². The minimum atomic E-state index is -0.495. The summed E-state index contributed by atoms with van der Waals surface area (Å²) in [6.45, 7) is 6.22. The van der Waals surface area contributed by atoms with Gasteiger partial charge < -0.3 is 4.84 Å². The van der Waals surface area contributed by atoms with Crippen molar-refractivity contribution in [2.24, 2.45) is 5.41 Å². The number of benzene rings is 1. The molecule has 3 nitrogen and oxygen atoms in total. The zero-order valence-corrected chi connectivity index (χ0v) is 13.7. The van der Waals surface area contributed by atoms with Gasteiger partial charge in [0.1, 0.15) is 0 Å². The van der Waals surface area contributed by atoms with Crippen LogP contribution in [0.1, 0.15) is 38.8 Å². The molecule has 0 N–H and O–H groups in total. The van der Waals surface area contributed by atoms with Crippen molar-refractivity contribution in [3.05, 3.63) is 46.5 Å². The molecule has 0 radical (unpaired) electrons. The number of carbonyl (C=O) groups is 1. The van der Waals surface area contributed by atoms with E-state index < -0.39 is 5.41 Å². The van der Waals surface area contributed by atoms with E-state index in [0.717, 1.165) is 16.5 Å². The minimum absolute atomic E-state index is 0.0828. The molecule has 0 fully saturated rings. The Morgan fingerprint density at radius 3 is 2.50 bits per heavy atom. The van der Waals surface area contributed by atoms with Crippen molar-refractivity contribution >= 4 is 21.9 Å². The van der Waals surface area contributed by atoms with E-state index in [1.54, 1.807) is 5.06 Å². The summed E-state index contributed by atoms with van der Waals surface area (Å²) < 4.78 is 1.05. The van der Waals surface area contributed by atoms with Crippen molar-refractivity contribution in [2.45, 2.75) is 33.2 Å². The van der Waals surface area contributed by atoms with E-state index in [1.165, 1.54) is 0 Å². The SMILES string of the molecule is CC(C)(C)C(=O)ON1CC=CCC1c1ccc(Br)cc1. The monoisotopic (exact) mass is 337 g/mol. The summed E-state index contributed by atoms with van der Waals surface area (Å²) >= 11 is 3.44. The van der Waals surface area contributed by atoms with E-state index in [-0.39, 0.29) is 12.0 Å². The average molecular weight is 338 g/mol. The normalized spacial score (nSPS) is 19.9. The Hall–Kier alpha value is -1.13. The molecule has 0 aliphatic carbocycles. The highest BCUT2D eigenvalue weighted by atomic mass is 79.9. The Morgan fingerprint density at radius 1 is 1.25 bits per heavy atom. The van der Waals surface area contributed by atoms with Gasteiger partial charge in [-0.1, -0.05) is 40.2 Å². The molecule has 0 amide bonds. The second-order valence-electron chi connectivity index (χ2n) is 6.00. The summed E-state index contributed by atoms with van der Waals surface area (Å²) in [7, 11) is 0. The summed E-state index contributed by atoms with van der Waals surface area (Å²) in [5.41, 5.74) is 0.657. The highest BCUT2D eigenvalue weighted by Gasteiger charge is 2.30. The molecule has 1 aromatic carbocycles. The number of hydrogen-bond donors (Lipinski definition) is 0. The maximum Gasteiger partial charge on any atom is 0.330 e. The van der Waals surface area contributed by atoms with Crippen LogP contribution in [0.2, 0.25) is 0 Å². The van der Waals surface area contributed by atoms with Gasteiger partial charge in [0.2, 0.25) is 0 Å². The number of halogens is 1. The van der Waals surface area contributed by atoms with Gasteiger partial charge in [-0.25, -0.2) is 4.79 Å². The van der Waals surface area contributed by atoms with E-state index in [4.69, 9.17) is 4.84 Å². The largest absolute Gasteiger partial charge is 0.366 e. The predicted octanol–water partition coefficient (Wildman–Crippen LogP) is 4.26. The van der Waals surface area contributed by atoms with Crippen LogP contribution in [-0.2, 0) is 9.63 Å². The Labute approximate surface area is 128 Å². The molecule has 4 heteroatoms. The smallest absolute Gasteiger partial charge is 0.330 e. The topological polar surface area (TPSA) is 29.5 Å². The first-order valence-electron chi connectivity index (χ1n) is 6.77. The highest BCUT2D eigenvalue weighted by Crippen LogP contribution is 2.30. The number of carbonyl (C=O) groups excluding carboxylic acids is 1. The van der Waals surface area contributed by atoms with E-state index >= 15 is 0 Å². The molecule has 1 heterocycles. The lowest BCUT2D eigenvalue weighted by Crippen LogP contribution is -2.37. The zero-order chi connectivity index (χ0) is 14.8. The molecule has 20 heavy (non-hydrogen) atoms. The van der Waals surface area contributed by atoms with Gasteiger partial charge in [-0.15, -0.1) is 5.06 Å². The van der Waals surface area contributed by atoms with E-state index in [9.17, 15) is 4.79 Å². The fourth-order valence-electron chi connectivity index (χ4n) is 1.98. The fourth-order valence-corrected chi connectivity index (χ4v) is 2.24. The molecule has 0 saturated carbocycles. The van der Waals surface area contributed by atoms with Gasteiger partial charge in [0.25, 0.3) is 0 Å². The third-order valence-electron chi connectivity index (χ3n) is 3.23. The van der Waals surface area contributed by atoms with Gasteiger partial charge in [-0.05, 0) is 44.9 Å². The Morgan fingerprint density at radius 2 is 1.90 bits per heavy atom. The molecule has 1 aliphatic rings. The van der Waals surface area contributed by atoms with Crippen molar-refractivity contribution < 1.29 is 9.63 Å². The van der Waals surface area contributed by atoms with Crippen LogP contribution in [0.4, 0.5) is 0 Å². The summed E-state index contributed by atoms with van der Waals surface area (Å²) in [5, 5.41) is 1.77. The molecule has 2 rings (SSSR count). The van der Waals surface area contributed by atoms with Crippen LogP contribution < -0.4 is 0 Å². The number of hydrogen-bond acceptors (Lipinski definition) is 3. The summed E-state index contributed by atoms with van der Waals surface area (Å²) in [4.78, 5) is 17.7. The van der Waals surface area contributed by atoms with E-state index in [1.807, 2.05) is 39.0 Å². The Balaban J connectivity index is 2.16. The molecule has 1 unspecified atom stereocenters. The third-order valence-corrected chi connectivity index (χ3v) is 3.75. The lowest BCUT2D eigenvalue weighted by atomic mass is 9.97. The first-order chi connectivity index (χ1) is 9.38. The lowest BCUT2D eigenvalue weighted by molar-refractivity contribution is -0.210. The van der Waals surface area contributed by atoms with Crippen molar-refractivity contribution in [1.82, 2.24) is 5.06 Å². The van der Waals surface area contributed by atoms with Crippen molar-refractivity contribution in [3.8, 4) is 0 Å². The average Bonchev–Trinajstić information content (AvgIpc) is 2.39. The van der Waals surface area contributed by atoms with Gasteiger partial charge in [0.05, 0.1) is 18.0 Å². The second kappa shape index (κ2) is 6.10. The highest BCUT2D eigenvalue weighted by molar-refractivity contribution is 9.10. The lowest BCUT2D eigenvalue weighted by Gasteiger charge is -2.33. The van der Waals surface area contributed by atoms with E-state index in [2.05, 4.69) is 34.1 Å². The quantitative estimate of drug-likeness (QED) is 0.755. The Kier molecular flexibility index (Phi) is 4.66. The van der Waals surface area contributed by atoms with Crippen LogP contribution in [0, 0.1) is 5.41 Å². The van der Waals surface area contributed by atoms with Crippen molar-refractivity contribution in [2.75, 3.05) is 6.54 Å². The van der Waals surface area contributed by atoms with Crippen LogP contribution in [0.15, 0.2) is 40.9 Å². The first kappa shape index (κ1) is 15.3. The molecule has 1 aromatic rings. The van der Waals surface area contributed by atoms with Crippen molar-refractivity contribution in [1.29, 1.82) is 0 Å². The number of rotatable bonds is 2. The third kappa shape index (κ3) is 3.70. The fraction of sp³-hybridized carbons (Fsp3) is 0.438. The molecule has 1 atom stereocenters. The Bertz CT molecular complexity index is 502. The molecule has 0 spiro atoms. The predicted molar refractivity (Wildman–Crippen MR) is 82.9 cm³/mol. The molecule has 1 aliphatic heterocycles. The first-order valence-corrected chi connectivity index (χ1v) is 7.57. The van der Waals surface area contributed by atoms with Crippen LogP contribution >= 0.6 is 15.9 Å². The summed E-state index contributed by atoms with van der Waals surface area (Å²) in [6, 6.07) is 8.23. The standard InChI is InChI=1S/C16H20BrNO2/c1-16(2,3)15(19)20-18-11-5-4-6-14(18)12-7-9-13(17)10-8-12/h4-5,7-10,14H,6,11H2,1-3H3. The second-order valence-corrected chi connectivity index (χ2v) is 6.92. The van der Waals surface area contributed by atoms with Gasteiger partial charge in [-0.3, -0.25) is 0 Å². The van der Waals surface area contributed by atoms with Crippen LogP contribution in [-0.4, -0.2) is 17.6 Å². The molecule has 0 aromatic heterocycles. The molecule has 0 saturated heterocycles. The van der Waals surface area contributed by atoms with Crippen molar-refractivity contribution in [3.63, 3.8) is 0 Å². The van der Waals surface area contributed by atoms with Gasteiger partial charge in [0, 0.05) is 4.47 Å². The minimum Gasteiger partial charge on any atom is -0.366 e. The molecule has 0 bridgehead atoms. The summed E-state index contributed by atoms with van der Waals surface area (Å²) in [6.07, 6.45) is 5.01. The summed E-state index contributed by atoms with van der Waals surface area (Å²) in [5.74, 6) is -0.199. The van der Waals surface area contributed by atoms with E-state index in [0.29, 0.717) is 6.54 Å². The molecule has 108 valence electrons.